The fourth-order valence-corrected chi connectivity index (χ4v) is 3.45. The Kier molecular flexibility index (Phi) is 5.37. The smallest absolute Gasteiger partial charge is 0.123 e. The monoisotopic (exact) mass is 329 g/mol. The van der Waals surface area contributed by atoms with Crippen LogP contribution in [0.3, 0.4) is 0 Å². The van der Waals surface area contributed by atoms with Gasteiger partial charge >= 0.3 is 0 Å². The van der Waals surface area contributed by atoms with Crippen LogP contribution in [-0.2, 0) is 11.3 Å². The molecule has 106 valence electrons. The molecule has 1 fully saturated rings. The van der Waals surface area contributed by atoms with Crippen molar-refractivity contribution in [2.75, 3.05) is 32.1 Å². The number of hydrogen-bond acceptors (Lipinski definition) is 2. The molecule has 0 amide bonds. The third-order valence-electron chi connectivity index (χ3n) is 3.78. The molecule has 2 rings (SSSR count). The Morgan fingerprint density at radius 1 is 1.37 bits per heavy atom. The Balaban J connectivity index is 1.94. The highest BCUT2D eigenvalue weighted by Crippen LogP contribution is 2.33. The predicted molar refractivity (Wildman–Crippen MR) is 79.0 cm³/mol. The lowest BCUT2D eigenvalue weighted by Gasteiger charge is -2.38. The van der Waals surface area contributed by atoms with E-state index in [0.29, 0.717) is 5.41 Å². The molecular weight excluding hydrogens is 309 g/mol. The van der Waals surface area contributed by atoms with Gasteiger partial charge in [-0.3, -0.25) is 0 Å². The molecule has 1 aliphatic heterocycles. The van der Waals surface area contributed by atoms with Gasteiger partial charge in [0.05, 0.1) is 0 Å². The van der Waals surface area contributed by atoms with Gasteiger partial charge in [0.25, 0.3) is 0 Å². The first kappa shape index (κ1) is 14.9. The first-order valence-corrected chi connectivity index (χ1v) is 7.82. The zero-order valence-electron chi connectivity index (χ0n) is 11.4. The van der Waals surface area contributed by atoms with Crippen molar-refractivity contribution >= 4 is 15.9 Å². The number of hydrogen-bond donors (Lipinski definition) is 0. The maximum absolute atomic E-state index is 13.2. The molecule has 0 aliphatic carbocycles. The van der Waals surface area contributed by atoms with Crippen LogP contribution in [0.1, 0.15) is 18.4 Å². The number of alkyl halides is 1. The molecule has 4 heteroatoms. The lowest BCUT2D eigenvalue weighted by molar-refractivity contribution is 0.0110. The molecule has 0 N–H and O–H groups in total. The number of ether oxygens (including phenoxy) is 1. The first-order valence-electron chi connectivity index (χ1n) is 6.70. The molecule has 19 heavy (non-hydrogen) atoms. The minimum Gasteiger partial charge on any atom is -0.381 e. The van der Waals surface area contributed by atoms with Gasteiger partial charge in [0.15, 0.2) is 0 Å². The minimum atomic E-state index is -0.160. The summed E-state index contributed by atoms with van der Waals surface area (Å²) in [6, 6.07) is 6.85. The number of halogens is 2. The Hall–Kier alpha value is -0.450. The molecule has 1 heterocycles. The number of nitrogens with zero attached hydrogens (tertiary/aromatic N) is 1. The molecule has 0 saturated carbocycles. The normalized spacial score (nSPS) is 18.7. The molecule has 0 aromatic heterocycles. The lowest BCUT2D eigenvalue weighted by atomic mass is 9.82. The Bertz CT molecular complexity index is 407. The quantitative estimate of drug-likeness (QED) is 0.767. The van der Waals surface area contributed by atoms with Crippen LogP contribution in [0, 0.1) is 11.2 Å². The maximum Gasteiger partial charge on any atom is 0.123 e. The van der Waals surface area contributed by atoms with E-state index in [1.165, 1.54) is 6.07 Å². The lowest BCUT2D eigenvalue weighted by Crippen LogP contribution is -2.41. The van der Waals surface area contributed by atoms with E-state index in [1.807, 2.05) is 6.07 Å². The molecule has 0 unspecified atom stereocenters. The van der Waals surface area contributed by atoms with E-state index in [2.05, 4.69) is 27.9 Å². The summed E-state index contributed by atoms with van der Waals surface area (Å²) in [6.07, 6.45) is 2.18. The molecule has 0 spiro atoms. The van der Waals surface area contributed by atoms with Gasteiger partial charge in [-0.2, -0.15) is 0 Å². The van der Waals surface area contributed by atoms with E-state index in [0.717, 1.165) is 50.0 Å². The van der Waals surface area contributed by atoms with Gasteiger partial charge in [-0.1, -0.05) is 28.1 Å². The van der Waals surface area contributed by atoms with Crippen molar-refractivity contribution in [1.29, 1.82) is 0 Å². The van der Waals surface area contributed by atoms with Crippen molar-refractivity contribution < 1.29 is 9.13 Å². The maximum atomic E-state index is 13.2. The molecule has 2 nitrogen and oxygen atoms in total. The fraction of sp³-hybridized carbons (Fsp3) is 0.600. The van der Waals surface area contributed by atoms with Gasteiger partial charge in [0.2, 0.25) is 0 Å². The molecular formula is C15H21BrFNO. The third kappa shape index (κ3) is 4.26. The second-order valence-electron chi connectivity index (χ2n) is 5.55. The molecule has 0 atom stereocenters. The minimum absolute atomic E-state index is 0.160. The van der Waals surface area contributed by atoms with Gasteiger partial charge in [-0.05, 0) is 43.0 Å². The summed E-state index contributed by atoms with van der Waals surface area (Å²) in [5, 5.41) is 0.997. The van der Waals surface area contributed by atoms with Gasteiger partial charge in [0.1, 0.15) is 5.82 Å². The average Bonchev–Trinajstić information content (AvgIpc) is 2.39. The van der Waals surface area contributed by atoms with Gasteiger partial charge < -0.3 is 9.64 Å². The topological polar surface area (TPSA) is 12.5 Å². The molecule has 0 bridgehead atoms. The van der Waals surface area contributed by atoms with Crippen LogP contribution in [0.4, 0.5) is 4.39 Å². The molecule has 0 radical (unpaired) electrons. The van der Waals surface area contributed by atoms with Crippen molar-refractivity contribution in [2.24, 2.45) is 5.41 Å². The molecule has 1 saturated heterocycles. The van der Waals surface area contributed by atoms with Crippen LogP contribution in [0.2, 0.25) is 0 Å². The van der Waals surface area contributed by atoms with Crippen molar-refractivity contribution in [2.45, 2.75) is 19.4 Å². The fourth-order valence-electron chi connectivity index (χ4n) is 2.71. The Morgan fingerprint density at radius 3 is 2.74 bits per heavy atom. The zero-order valence-corrected chi connectivity index (χ0v) is 13.0. The molecule has 1 aliphatic rings. The van der Waals surface area contributed by atoms with Gasteiger partial charge in [0, 0.05) is 31.6 Å². The van der Waals surface area contributed by atoms with E-state index in [1.54, 1.807) is 12.1 Å². The van der Waals surface area contributed by atoms with E-state index >= 15 is 0 Å². The second-order valence-corrected chi connectivity index (χ2v) is 6.11. The summed E-state index contributed by atoms with van der Waals surface area (Å²) in [5.41, 5.74) is 1.32. The summed E-state index contributed by atoms with van der Waals surface area (Å²) in [5.74, 6) is -0.160. The van der Waals surface area contributed by atoms with Crippen molar-refractivity contribution in [3.05, 3.63) is 35.6 Å². The first-order chi connectivity index (χ1) is 9.13. The summed E-state index contributed by atoms with van der Waals surface area (Å²) >= 11 is 3.65. The highest BCUT2D eigenvalue weighted by Gasteiger charge is 2.32. The van der Waals surface area contributed by atoms with Crippen LogP contribution < -0.4 is 0 Å². The third-order valence-corrected chi connectivity index (χ3v) is 4.97. The van der Waals surface area contributed by atoms with Crippen LogP contribution >= 0.6 is 15.9 Å². The van der Waals surface area contributed by atoms with Crippen LogP contribution in [-0.4, -0.2) is 37.0 Å². The van der Waals surface area contributed by atoms with Crippen LogP contribution in [0.25, 0.3) is 0 Å². The zero-order chi connectivity index (χ0) is 13.7. The molecule has 1 aromatic carbocycles. The predicted octanol–water partition coefficient (Wildman–Crippen LogP) is 3.45. The molecule has 1 aromatic rings. The average molecular weight is 330 g/mol. The van der Waals surface area contributed by atoms with E-state index < -0.39 is 0 Å². The SMILES string of the molecule is CN(Cc1cccc(F)c1)CC1(CBr)CCOCC1. The van der Waals surface area contributed by atoms with Gasteiger partial charge in [-0.25, -0.2) is 4.39 Å². The van der Waals surface area contributed by atoms with E-state index in [4.69, 9.17) is 4.74 Å². The van der Waals surface area contributed by atoms with Crippen molar-refractivity contribution in [1.82, 2.24) is 4.90 Å². The van der Waals surface area contributed by atoms with Gasteiger partial charge in [-0.15, -0.1) is 0 Å². The highest BCUT2D eigenvalue weighted by molar-refractivity contribution is 9.09. The number of benzene rings is 1. The Morgan fingerprint density at radius 2 is 2.11 bits per heavy atom. The van der Waals surface area contributed by atoms with Crippen molar-refractivity contribution in [3.63, 3.8) is 0 Å². The highest BCUT2D eigenvalue weighted by atomic mass is 79.9. The Labute approximate surface area is 123 Å². The van der Waals surface area contributed by atoms with E-state index in [-0.39, 0.29) is 5.82 Å². The standard InChI is InChI=1S/C15H21BrFNO/c1-18(10-13-3-2-4-14(17)9-13)12-15(11-16)5-7-19-8-6-15/h2-4,9H,5-8,10-12H2,1H3. The largest absolute Gasteiger partial charge is 0.381 e. The summed E-state index contributed by atoms with van der Waals surface area (Å²) in [4.78, 5) is 2.28. The summed E-state index contributed by atoms with van der Waals surface area (Å²) in [7, 11) is 2.10. The van der Waals surface area contributed by atoms with Crippen molar-refractivity contribution in [3.8, 4) is 0 Å². The summed E-state index contributed by atoms with van der Waals surface area (Å²) < 4.78 is 18.6. The van der Waals surface area contributed by atoms with Crippen LogP contribution in [0.5, 0.6) is 0 Å². The summed E-state index contributed by atoms with van der Waals surface area (Å²) in [6.45, 7) is 3.49. The second kappa shape index (κ2) is 6.82. The van der Waals surface area contributed by atoms with E-state index in [9.17, 15) is 4.39 Å². The number of rotatable bonds is 5. The van der Waals surface area contributed by atoms with Crippen LogP contribution in [0.15, 0.2) is 24.3 Å².